The van der Waals surface area contributed by atoms with Crippen molar-refractivity contribution in [3.05, 3.63) is 71.8 Å². The average molecular weight is 267 g/mol. The third kappa shape index (κ3) is 2.64. The second-order valence-corrected chi connectivity index (χ2v) is 4.61. The molecule has 0 saturated carbocycles. The number of hydrogen-bond donors (Lipinski definition) is 0. The maximum Gasteiger partial charge on any atom is 0.0930 e. The topological polar surface area (TPSA) is 25.8 Å². The van der Waals surface area contributed by atoms with Crippen LogP contribution in [0.15, 0.2) is 66.7 Å². The molecule has 0 amide bonds. The molecule has 3 aromatic rings. The molecule has 0 spiro atoms. The van der Waals surface area contributed by atoms with Crippen LogP contribution in [0.4, 0.5) is 0 Å². The van der Waals surface area contributed by atoms with Crippen LogP contribution in [0.5, 0.6) is 0 Å². The molecule has 0 N–H and O–H groups in total. The Bertz CT molecular complexity index is 661. The summed E-state index contributed by atoms with van der Waals surface area (Å²) >= 11 is 5.87. The maximum atomic E-state index is 5.87. The van der Waals surface area contributed by atoms with Crippen molar-refractivity contribution in [3.63, 3.8) is 0 Å². The number of halogens is 1. The van der Waals surface area contributed by atoms with E-state index in [0.29, 0.717) is 0 Å². The highest BCUT2D eigenvalue weighted by molar-refractivity contribution is 6.30. The highest BCUT2D eigenvalue weighted by Crippen LogP contribution is 2.21. The zero-order chi connectivity index (χ0) is 13.1. The minimum Gasteiger partial charge on any atom is -0.150 e. The molecule has 2 aromatic carbocycles. The standard InChI is InChI=1S/C16H11ClN2/c17-14-8-6-13(7-9-14)16-11-10-15(18-19-16)12-4-2-1-3-5-12/h1-11H. The van der Waals surface area contributed by atoms with Crippen LogP contribution >= 0.6 is 11.6 Å². The van der Waals surface area contributed by atoms with Crippen LogP contribution in [0, 0.1) is 0 Å². The number of aromatic nitrogens is 2. The molecule has 0 aliphatic rings. The van der Waals surface area contributed by atoms with E-state index >= 15 is 0 Å². The Morgan fingerprint density at radius 2 is 1.11 bits per heavy atom. The van der Waals surface area contributed by atoms with Crippen molar-refractivity contribution in [1.29, 1.82) is 0 Å². The second kappa shape index (κ2) is 5.21. The number of nitrogens with zero attached hydrogens (tertiary/aromatic N) is 2. The van der Waals surface area contributed by atoms with E-state index in [9.17, 15) is 0 Å². The van der Waals surface area contributed by atoms with Crippen molar-refractivity contribution in [2.75, 3.05) is 0 Å². The van der Waals surface area contributed by atoms with Gasteiger partial charge in [-0.15, -0.1) is 10.2 Å². The van der Waals surface area contributed by atoms with Crippen molar-refractivity contribution in [3.8, 4) is 22.5 Å². The molecule has 1 aromatic heterocycles. The monoisotopic (exact) mass is 266 g/mol. The van der Waals surface area contributed by atoms with E-state index in [-0.39, 0.29) is 0 Å². The van der Waals surface area contributed by atoms with Gasteiger partial charge in [0, 0.05) is 16.1 Å². The third-order valence-corrected chi connectivity index (χ3v) is 3.13. The molecule has 0 atom stereocenters. The first-order chi connectivity index (χ1) is 9.33. The Morgan fingerprint density at radius 3 is 1.63 bits per heavy atom. The van der Waals surface area contributed by atoms with E-state index in [1.807, 2.05) is 66.7 Å². The van der Waals surface area contributed by atoms with E-state index in [1.165, 1.54) is 0 Å². The van der Waals surface area contributed by atoms with Crippen LogP contribution in [0.2, 0.25) is 5.02 Å². The zero-order valence-corrected chi connectivity index (χ0v) is 10.9. The summed E-state index contributed by atoms with van der Waals surface area (Å²) in [4.78, 5) is 0. The molecule has 1 heterocycles. The van der Waals surface area contributed by atoms with Crippen molar-refractivity contribution in [1.82, 2.24) is 10.2 Å². The van der Waals surface area contributed by atoms with Crippen LogP contribution in [0.25, 0.3) is 22.5 Å². The summed E-state index contributed by atoms with van der Waals surface area (Å²) in [6.45, 7) is 0. The Kier molecular flexibility index (Phi) is 3.25. The largest absolute Gasteiger partial charge is 0.150 e. The SMILES string of the molecule is Clc1ccc(-c2ccc(-c3ccccc3)nn2)cc1. The number of hydrogen-bond acceptors (Lipinski definition) is 2. The fourth-order valence-corrected chi connectivity index (χ4v) is 2.00. The lowest BCUT2D eigenvalue weighted by Crippen LogP contribution is -1.90. The van der Waals surface area contributed by atoms with Gasteiger partial charge in [0.05, 0.1) is 11.4 Å². The van der Waals surface area contributed by atoms with E-state index in [0.717, 1.165) is 27.5 Å². The van der Waals surface area contributed by atoms with Gasteiger partial charge in [-0.2, -0.15) is 0 Å². The minimum absolute atomic E-state index is 0.720. The molecule has 0 unspecified atom stereocenters. The predicted molar refractivity (Wildman–Crippen MR) is 77.9 cm³/mol. The van der Waals surface area contributed by atoms with Gasteiger partial charge in [0.2, 0.25) is 0 Å². The molecule has 0 fully saturated rings. The summed E-state index contributed by atoms with van der Waals surface area (Å²) in [5.74, 6) is 0. The first kappa shape index (κ1) is 11.9. The molecule has 92 valence electrons. The molecule has 0 aliphatic carbocycles. The first-order valence-corrected chi connectivity index (χ1v) is 6.36. The van der Waals surface area contributed by atoms with Gasteiger partial charge in [-0.1, -0.05) is 54.1 Å². The molecule has 0 saturated heterocycles. The maximum absolute atomic E-state index is 5.87. The lowest BCUT2D eigenvalue weighted by atomic mass is 10.1. The van der Waals surface area contributed by atoms with Gasteiger partial charge in [0.15, 0.2) is 0 Å². The normalized spacial score (nSPS) is 10.4. The fourth-order valence-electron chi connectivity index (χ4n) is 1.87. The van der Waals surface area contributed by atoms with Gasteiger partial charge in [-0.25, -0.2) is 0 Å². The molecule has 3 heteroatoms. The lowest BCUT2D eigenvalue weighted by Gasteiger charge is -2.02. The molecular formula is C16H11ClN2. The zero-order valence-electron chi connectivity index (χ0n) is 10.1. The lowest BCUT2D eigenvalue weighted by molar-refractivity contribution is 1.04. The van der Waals surface area contributed by atoms with E-state index < -0.39 is 0 Å². The Hall–Kier alpha value is -2.19. The fraction of sp³-hybridized carbons (Fsp3) is 0. The minimum atomic E-state index is 0.720. The Balaban J connectivity index is 1.93. The summed E-state index contributed by atoms with van der Waals surface area (Å²) in [7, 11) is 0. The molecular weight excluding hydrogens is 256 g/mol. The smallest absolute Gasteiger partial charge is 0.0930 e. The second-order valence-electron chi connectivity index (χ2n) is 4.18. The van der Waals surface area contributed by atoms with Crippen LogP contribution in [0.1, 0.15) is 0 Å². The molecule has 3 rings (SSSR count). The van der Waals surface area contributed by atoms with E-state index in [2.05, 4.69) is 10.2 Å². The summed E-state index contributed by atoms with van der Waals surface area (Å²) < 4.78 is 0. The van der Waals surface area contributed by atoms with Crippen LogP contribution in [-0.2, 0) is 0 Å². The van der Waals surface area contributed by atoms with Gasteiger partial charge in [0.25, 0.3) is 0 Å². The summed E-state index contributed by atoms with van der Waals surface area (Å²) in [5, 5.41) is 9.25. The Morgan fingerprint density at radius 1 is 0.579 bits per heavy atom. The van der Waals surface area contributed by atoms with Crippen LogP contribution < -0.4 is 0 Å². The van der Waals surface area contributed by atoms with Crippen molar-refractivity contribution >= 4 is 11.6 Å². The van der Waals surface area contributed by atoms with Crippen molar-refractivity contribution < 1.29 is 0 Å². The molecule has 0 radical (unpaired) electrons. The van der Waals surface area contributed by atoms with Crippen LogP contribution in [0.3, 0.4) is 0 Å². The molecule has 0 aliphatic heterocycles. The average Bonchev–Trinajstić information content (AvgIpc) is 2.49. The number of benzene rings is 2. The molecule has 2 nitrogen and oxygen atoms in total. The Labute approximate surface area is 116 Å². The van der Waals surface area contributed by atoms with Gasteiger partial charge in [-0.05, 0) is 24.3 Å². The number of rotatable bonds is 2. The quantitative estimate of drug-likeness (QED) is 0.684. The van der Waals surface area contributed by atoms with Crippen molar-refractivity contribution in [2.45, 2.75) is 0 Å². The summed E-state index contributed by atoms with van der Waals surface area (Å²) in [6, 6.07) is 21.5. The van der Waals surface area contributed by atoms with E-state index in [1.54, 1.807) is 0 Å². The van der Waals surface area contributed by atoms with E-state index in [4.69, 9.17) is 11.6 Å². The predicted octanol–water partition coefficient (Wildman–Crippen LogP) is 4.46. The first-order valence-electron chi connectivity index (χ1n) is 5.98. The van der Waals surface area contributed by atoms with Crippen molar-refractivity contribution in [2.24, 2.45) is 0 Å². The molecule has 0 bridgehead atoms. The summed E-state index contributed by atoms with van der Waals surface area (Å²) in [6.07, 6.45) is 0. The molecule has 19 heavy (non-hydrogen) atoms. The van der Waals surface area contributed by atoms with Gasteiger partial charge in [0.1, 0.15) is 0 Å². The van der Waals surface area contributed by atoms with Crippen LogP contribution in [-0.4, -0.2) is 10.2 Å². The summed E-state index contributed by atoms with van der Waals surface area (Å²) in [5.41, 5.74) is 3.80. The highest BCUT2D eigenvalue weighted by Gasteiger charge is 2.02. The highest BCUT2D eigenvalue weighted by atomic mass is 35.5. The van der Waals surface area contributed by atoms with Gasteiger partial charge in [-0.3, -0.25) is 0 Å². The van der Waals surface area contributed by atoms with Gasteiger partial charge >= 0.3 is 0 Å². The third-order valence-electron chi connectivity index (χ3n) is 2.87. The van der Waals surface area contributed by atoms with Gasteiger partial charge < -0.3 is 0 Å².